The van der Waals surface area contributed by atoms with Crippen LogP contribution in [0.2, 0.25) is 0 Å². The van der Waals surface area contributed by atoms with Crippen LogP contribution in [-0.2, 0) is 7.05 Å². The molecule has 0 fully saturated rings. The second-order valence-electron chi connectivity index (χ2n) is 9.86. The number of H-pyrrole nitrogens is 1. The lowest BCUT2D eigenvalue weighted by Gasteiger charge is -2.17. The number of nitrogens with zero attached hydrogens (tertiary/aromatic N) is 6. The van der Waals surface area contributed by atoms with Crippen LogP contribution in [0, 0.1) is 5.92 Å². The molecule has 0 amide bonds. The molecule has 10 heteroatoms. The van der Waals surface area contributed by atoms with Gasteiger partial charge in [-0.2, -0.15) is 5.10 Å². The van der Waals surface area contributed by atoms with Crippen molar-refractivity contribution in [2.75, 3.05) is 5.32 Å². The first-order valence-electron chi connectivity index (χ1n) is 12.5. The number of pyridine rings is 3. The Kier molecular flexibility index (Phi) is 5.96. The molecule has 5 aromatic heterocycles. The second-order valence-corrected chi connectivity index (χ2v) is 9.86. The highest BCUT2D eigenvalue weighted by Gasteiger charge is 2.21. The minimum atomic E-state index is -0.677. The Bertz CT molecular complexity index is 1720. The first-order valence-corrected chi connectivity index (χ1v) is 12.5. The number of aromatic nitrogens is 7. The van der Waals surface area contributed by atoms with Gasteiger partial charge in [0.1, 0.15) is 17.7 Å². The highest BCUT2D eigenvalue weighted by molar-refractivity contribution is 5.94. The Labute approximate surface area is 218 Å². The molecule has 6 rings (SSSR count). The fourth-order valence-corrected chi connectivity index (χ4v) is 4.65. The molecule has 192 valence electrons. The van der Waals surface area contributed by atoms with Crippen LogP contribution in [0.15, 0.2) is 67.2 Å². The number of aliphatic hydroxyl groups is 1. The first-order chi connectivity index (χ1) is 18.4. The van der Waals surface area contributed by atoms with Crippen molar-refractivity contribution in [3.8, 4) is 22.6 Å². The topological polar surface area (TPSA) is 117 Å². The normalized spacial score (nSPS) is 16.4. The van der Waals surface area contributed by atoms with Crippen molar-refractivity contribution in [1.82, 2.24) is 34.7 Å². The summed E-state index contributed by atoms with van der Waals surface area (Å²) >= 11 is 0. The number of aryl methyl sites for hydroxylation is 1. The molecule has 38 heavy (non-hydrogen) atoms. The van der Waals surface area contributed by atoms with E-state index in [4.69, 9.17) is 10.1 Å². The Morgan fingerprint density at radius 3 is 2.71 bits per heavy atom. The third kappa shape index (κ3) is 4.32. The van der Waals surface area contributed by atoms with E-state index in [1.807, 2.05) is 39.1 Å². The van der Waals surface area contributed by atoms with Crippen LogP contribution in [0.5, 0.6) is 0 Å². The van der Waals surface area contributed by atoms with Gasteiger partial charge in [-0.1, -0.05) is 19.9 Å². The third-order valence-corrected chi connectivity index (χ3v) is 6.80. The fourth-order valence-electron chi connectivity index (χ4n) is 4.65. The summed E-state index contributed by atoms with van der Waals surface area (Å²) in [7, 11) is 1.85. The van der Waals surface area contributed by atoms with E-state index < -0.39 is 6.23 Å². The number of rotatable bonds is 6. The maximum Gasteiger partial charge on any atom is 0.159 e. The number of allylic oxidation sites excluding steroid dienone is 4. The maximum atomic E-state index is 13.5. The van der Waals surface area contributed by atoms with Gasteiger partial charge in [0.15, 0.2) is 11.5 Å². The number of nitrogens with one attached hydrogen (secondary N) is 2. The first kappa shape index (κ1) is 23.9. The zero-order valence-corrected chi connectivity index (χ0v) is 21.2. The van der Waals surface area contributed by atoms with Gasteiger partial charge in [-0.15, -0.1) is 0 Å². The van der Waals surface area contributed by atoms with Crippen LogP contribution in [0.4, 0.5) is 10.1 Å². The number of hydrogen-bond donors (Lipinski definition) is 3. The number of aliphatic hydroxyl groups excluding tert-OH is 1. The zero-order valence-electron chi connectivity index (χ0n) is 21.2. The number of anilines is 1. The highest BCUT2D eigenvalue weighted by Crippen LogP contribution is 2.34. The van der Waals surface area contributed by atoms with E-state index in [-0.39, 0.29) is 17.7 Å². The van der Waals surface area contributed by atoms with Gasteiger partial charge in [0.2, 0.25) is 0 Å². The lowest BCUT2D eigenvalue weighted by molar-refractivity contribution is 0.153. The van der Waals surface area contributed by atoms with E-state index in [0.29, 0.717) is 17.9 Å². The quantitative estimate of drug-likeness (QED) is 0.267. The van der Waals surface area contributed by atoms with E-state index in [1.165, 1.54) is 6.08 Å². The fraction of sp³-hybridized carbons (Fsp3) is 0.250. The van der Waals surface area contributed by atoms with Gasteiger partial charge >= 0.3 is 0 Å². The molecule has 0 aromatic carbocycles. The maximum absolute atomic E-state index is 13.5. The summed E-state index contributed by atoms with van der Waals surface area (Å²) in [6.45, 7) is 3.88. The highest BCUT2D eigenvalue weighted by atomic mass is 19.1. The largest absolute Gasteiger partial charge is 0.374 e. The molecule has 2 atom stereocenters. The van der Waals surface area contributed by atoms with Crippen molar-refractivity contribution in [2.24, 2.45) is 13.0 Å². The summed E-state index contributed by atoms with van der Waals surface area (Å²) in [6, 6.07) is 3.96. The number of halogens is 1. The Balaban J connectivity index is 1.41. The average molecular weight is 511 g/mol. The zero-order chi connectivity index (χ0) is 26.4. The average Bonchev–Trinajstić information content (AvgIpc) is 3.50. The van der Waals surface area contributed by atoms with Crippen molar-refractivity contribution >= 4 is 27.8 Å². The molecular weight excluding hydrogens is 483 g/mol. The van der Waals surface area contributed by atoms with Crippen LogP contribution >= 0.6 is 0 Å². The molecule has 5 aromatic rings. The minimum Gasteiger partial charge on any atom is -0.374 e. The second kappa shape index (κ2) is 9.46. The predicted octanol–water partition coefficient (Wildman–Crippen LogP) is 5.25. The van der Waals surface area contributed by atoms with Gasteiger partial charge < -0.3 is 15.4 Å². The van der Waals surface area contributed by atoms with Crippen LogP contribution in [-0.4, -0.2) is 46.0 Å². The van der Waals surface area contributed by atoms with Gasteiger partial charge in [-0.3, -0.25) is 9.97 Å². The van der Waals surface area contributed by atoms with Crippen LogP contribution in [0.3, 0.4) is 0 Å². The third-order valence-electron chi connectivity index (χ3n) is 6.80. The van der Waals surface area contributed by atoms with E-state index >= 15 is 0 Å². The molecule has 3 N–H and O–H groups in total. The molecule has 0 saturated carbocycles. The van der Waals surface area contributed by atoms with E-state index in [2.05, 4.69) is 25.3 Å². The summed E-state index contributed by atoms with van der Waals surface area (Å²) in [6.07, 6.45) is 13.6. The SMILES string of the molecule is CC(C)[C@H](O)Nc1cncc(-c2cnc3c(c2)c(-c2nc4c(C5C=CC(F)=CC5)cncc4[nH]2)nn3C)c1. The van der Waals surface area contributed by atoms with Gasteiger partial charge in [-0.25, -0.2) is 19.0 Å². The summed E-state index contributed by atoms with van der Waals surface area (Å²) in [5.41, 5.74) is 6.34. The molecule has 0 aliphatic heterocycles. The Morgan fingerprint density at radius 2 is 1.92 bits per heavy atom. The van der Waals surface area contributed by atoms with Gasteiger partial charge in [0.05, 0.1) is 34.5 Å². The summed E-state index contributed by atoms with van der Waals surface area (Å²) in [5.74, 6) is 0.438. The minimum absolute atomic E-state index is 0.00167. The van der Waals surface area contributed by atoms with Crippen LogP contribution in [0.25, 0.3) is 44.7 Å². The standard InChI is InChI=1S/C28H27FN8O/c1-15(2)28(38)33-20-8-17(10-30-12-20)18-9-21-25(36-37(3)27(21)32-11-18)26-34-23-14-31-13-22(24(23)35-26)16-4-6-19(29)7-5-16/h4,6-16,28,33,38H,5H2,1-3H3,(H,34,35)/t16?,28-/m0/s1. The van der Waals surface area contributed by atoms with E-state index in [9.17, 15) is 9.50 Å². The molecule has 0 spiro atoms. The smallest absolute Gasteiger partial charge is 0.159 e. The molecule has 1 unspecified atom stereocenters. The van der Waals surface area contributed by atoms with Crippen LogP contribution in [0.1, 0.15) is 31.7 Å². The molecular formula is C28H27FN8O. The van der Waals surface area contributed by atoms with Crippen molar-refractivity contribution in [3.63, 3.8) is 0 Å². The van der Waals surface area contributed by atoms with Crippen LogP contribution < -0.4 is 5.32 Å². The Morgan fingerprint density at radius 1 is 1.11 bits per heavy atom. The molecule has 0 bridgehead atoms. The molecule has 0 saturated heterocycles. The Hall–Kier alpha value is -4.44. The molecule has 0 radical (unpaired) electrons. The van der Waals surface area contributed by atoms with Crippen molar-refractivity contribution in [1.29, 1.82) is 0 Å². The number of hydrogen-bond acceptors (Lipinski definition) is 7. The van der Waals surface area contributed by atoms with Gasteiger partial charge in [-0.05, 0) is 36.6 Å². The van der Waals surface area contributed by atoms with Crippen molar-refractivity contribution < 1.29 is 9.50 Å². The van der Waals surface area contributed by atoms with Crippen molar-refractivity contribution in [2.45, 2.75) is 32.4 Å². The summed E-state index contributed by atoms with van der Waals surface area (Å²) in [4.78, 5) is 21.7. The van der Waals surface area contributed by atoms with Crippen molar-refractivity contribution in [3.05, 3.63) is 72.7 Å². The number of aromatic amines is 1. The molecule has 5 heterocycles. The summed E-state index contributed by atoms with van der Waals surface area (Å²) < 4.78 is 15.3. The lowest BCUT2D eigenvalue weighted by atomic mass is 9.93. The number of fused-ring (bicyclic) bond motifs is 2. The van der Waals surface area contributed by atoms with E-state index in [0.717, 1.165) is 44.4 Å². The summed E-state index contributed by atoms with van der Waals surface area (Å²) in [5, 5.41) is 18.9. The monoisotopic (exact) mass is 510 g/mol. The molecule has 1 aliphatic carbocycles. The molecule has 1 aliphatic rings. The van der Waals surface area contributed by atoms with Gasteiger partial charge in [0, 0.05) is 48.2 Å². The molecule has 9 nitrogen and oxygen atoms in total. The lowest BCUT2D eigenvalue weighted by Crippen LogP contribution is -2.24. The predicted molar refractivity (Wildman–Crippen MR) is 145 cm³/mol. The van der Waals surface area contributed by atoms with E-state index in [1.54, 1.807) is 41.7 Å². The van der Waals surface area contributed by atoms with Gasteiger partial charge in [0.25, 0.3) is 0 Å². The number of imidazole rings is 1.